The summed E-state index contributed by atoms with van der Waals surface area (Å²) in [5, 5.41) is 6.69. The Labute approximate surface area is 158 Å². The van der Waals surface area contributed by atoms with Gasteiger partial charge in [-0.2, -0.15) is 11.8 Å². The third-order valence-electron chi connectivity index (χ3n) is 3.79. The standard InChI is InChI=1S/C16H34N4S.HI/c1-5-17-16(19-8-10-21-4)18-7-6-9-20-12-14(2)11-15(3)13-20;/h14-15H,5-13H2,1-4H3,(H2,17,18,19);1H. The van der Waals surface area contributed by atoms with Gasteiger partial charge < -0.3 is 15.5 Å². The van der Waals surface area contributed by atoms with Crippen LogP contribution in [0.15, 0.2) is 4.99 Å². The van der Waals surface area contributed by atoms with Gasteiger partial charge in [0.05, 0.1) is 0 Å². The first-order valence-electron chi connectivity index (χ1n) is 8.39. The topological polar surface area (TPSA) is 39.7 Å². The molecule has 1 aliphatic rings. The number of nitrogens with one attached hydrogen (secondary N) is 2. The maximum Gasteiger partial charge on any atom is 0.191 e. The van der Waals surface area contributed by atoms with E-state index in [1.807, 2.05) is 11.8 Å². The maximum atomic E-state index is 4.67. The molecule has 2 N–H and O–H groups in total. The van der Waals surface area contributed by atoms with E-state index in [9.17, 15) is 0 Å². The average Bonchev–Trinajstić information content (AvgIpc) is 2.42. The van der Waals surface area contributed by atoms with Gasteiger partial charge in [-0.25, -0.2) is 0 Å². The molecule has 22 heavy (non-hydrogen) atoms. The van der Waals surface area contributed by atoms with Gasteiger partial charge in [-0.3, -0.25) is 4.99 Å². The van der Waals surface area contributed by atoms with E-state index in [4.69, 9.17) is 0 Å². The molecule has 132 valence electrons. The summed E-state index contributed by atoms with van der Waals surface area (Å²) in [6.07, 6.45) is 4.67. The smallest absolute Gasteiger partial charge is 0.191 e. The molecule has 0 bridgehead atoms. The predicted molar refractivity (Wildman–Crippen MR) is 112 cm³/mol. The van der Waals surface area contributed by atoms with Crippen molar-refractivity contribution in [1.29, 1.82) is 0 Å². The molecule has 4 nitrogen and oxygen atoms in total. The molecule has 0 spiro atoms. The molecule has 0 aromatic rings. The van der Waals surface area contributed by atoms with Crippen molar-refractivity contribution in [3.05, 3.63) is 0 Å². The fourth-order valence-corrected chi connectivity index (χ4v) is 3.38. The zero-order chi connectivity index (χ0) is 15.5. The molecule has 1 saturated heterocycles. The number of nitrogens with zero attached hydrogens (tertiary/aromatic N) is 2. The van der Waals surface area contributed by atoms with Crippen LogP contribution in [0.2, 0.25) is 0 Å². The number of halogens is 1. The second kappa shape index (κ2) is 13.7. The van der Waals surface area contributed by atoms with E-state index in [2.05, 4.69) is 47.6 Å². The number of hydrogen-bond acceptors (Lipinski definition) is 3. The minimum atomic E-state index is 0. The Balaban J connectivity index is 0.00000441. The van der Waals surface area contributed by atoms with Gasteiger partial charge in [0.1, 0.15) is 0 Å². The Bertz CT molecular complexity index is 292. The minimum Gasteiger partial charge on any atom is -0.357 e. The number of likely N-dealkylation sites (tertiary alicyclic amines) is 1. The van der Waals surface area contributed by atoms with Crippen molar-refractivity contribution in [3.8, 4) is 0 Å². The number of hydrogen-bond donors (Lipinski definition) is 2. The summed E-state index contributed by atoms with van der Waals surface area (Å²) in [6, 6.07) is 0. The van der Waals surface area contributed by atoms with Crippen LogP contribution in [0, 0.1) is 11.8 Å². The molecule has 0 saturated carbocycles. The molecule has 2 atom stereocenters. The number of aliphatic imine (C=N–C) groups is 1. The van der Waals surface area contributed by atoms with E-state index >= 15 is 0 Å². The van der Waals surface area contributed by atoms with E-state index in [-0.39, 0.29) is 24.0 Å². The van der Waals surface area contributed by atoms with Crippen LogP contribution in [0.5, 0.6) is 0 Å². The molecule has 1 heterocycles. The Morgan fingerprint density at radius 2 is 1.91 bits per heavy atom. The van der Waals surface area contributed by atoms with Gasteiger partial charge in [-0.05, 0) is 44.4 Å². The first kappa shape index (κ1) is 22.3. The number of thioether (sulfide) groups is 1. The van der Waals surface area contributed by atoms with E-state index in [1.54, 1.807) is 0 Å². The molecule has 0 radical (unpaired) electrons. The van der Waals surface area contributed by atoms with Gasteiger partial charge in [0, 0.05) is 38.5 Å². The summed E-state index contributed by atoms with van der Waals surface area (Å²) in [7, 11) is 0. The van der Waals surface area contributed by atoms with Crippen LogP contribution in [0.4, 0.5) is 0 Å². The van der Waals surface area contributed by atoms with Crippen LogP contribution < -0.4 is 10.6 Å². The highest BCUT2D eigenvalue weighted by Gasteiger charge is 2.20. The Morgan fingerprint density at radius 3 is 2.50 bits per heavy atom. The first-order valence-corrected chi connectivity index (χ1v) is 9.78. The minimum absolute atomic E-state index is 0. The zero-order valence-corrected chi connectivity index (χ0v) is 17.9. The number of rotatable bonds is 8. The second-order valence-corrected chi connectivity index (χ2v) is 7.23. The maximum absolute atomic E-state index is 4.67. The number of guanidine groups is 1. The normalized spacial score (nSPS) is 23.0. The zero-order valence-electron chi connectivity index (χ0n) is 14.7. The van der Waals surface area contributed by atoms with Gasteiger partial charge in [0.25, 0.3) is 0 Å². The summed E-state index contributed by atoms with van der Waals surface area (Å²) in [5.74, 6) is 3.78. The largest absolute Gasteiger partial charge is 0.357 e. The molecular formula is C16H35IN4S. The summed E-state index contributed by atoms with van der Waals surface area (Å²) < 4.78 is 0. The SMILES string of the molecule is CCNC(=NCCCN1CC(C)CC(C)C1)NCCSC.I. The quantitative estimate of drug-likeness (QED) is 0.263. The molecule has 0 amide bonds. The van der Waals surface area contributed by atoms with Crippen LogP contribution in [-0.2, 0) is 0 Å². The molecule has 6 heteroatoms. The van der Waals surface area contributed by atoms with Gasteiger partial charge in [0.2, 0.25) is 0 Å². The fourth-order valence-electron chi connectivity index (χ4n) is 3.07. The predicted octanol–water partition coefficient (Wildman–Crippen LogP) is 2.89. The van der Waals surface area contributed by atoms with Crippen molar-refractivity contribution >= 4 is 41.7 Å². The van der Waals surface area contributed by atoms with Gasteiger partial charge in [0.15, 0.2) is 5.96 Å². The van der Waals surface area contributed by atoms with Crippen molar-refractivity contribution in [3.63, 3.8) is 0 Å². The van der Waals surface area contributed by atoms with Gasteiger partial charge in [-0.15, -0.1) is 24.0 Å². The molecule has 1 rings (SSSR count). The van der Waals surface area contributed by atoms with Crippen molar-refractivity contribution in [2.24, 2.45) is 16.8 Å². The average molecular weight is 442 g/mol. The highest BCUT2D eigenvalue weighted by Crippen LogP contribution is 2.20. The van der Waals surface area contributed by atoms with Gasteiger partial charge in [-0.1, -0.05) is 13.8 Å². The third-order valence-corrected chi connectivity index (χ3v) is 4.40. The van der Waals surface area contributed by atoms with E-state index in [1.165, 1.54) is 26.1 Å². The van der Waals surface area contributed by atoms with Crippen LogP contribution >= 0.6 is 35.7 Å². The molecule has 0 aliphatic carbocycles. The molecule has 1 aliphatic heterocycles. The Morgan fingerprint density at radius 1 is 1.23 bits per heavy atom. The van der Waals surface area contributed by atoms with Crippen molar-refractivity contribution in [2.75, 3.05) is 51.3 Å². The first-order chi connectivity index (χ1) is 10.2. The Kier molecular flexibility index (Phi) is 13.9. The van der Waals surface area contributed by atoms with Crippen molar-refractivity contribution in [1.82, 2.24) is 15.5 Å². The van der Waals surface area contributed by atoms with Crippen molar-refractivity contribution in [2.45, 2.75) is 33.6 Å². The number of piperidine rings is 1. The van der Waals surface area contributed by atoms with Crippen molar-refractivity contribution < 1.29 is 0 Å². The van der Waals surface area contributed by atoms with Crippen LogP contribution in [-0.4, -0.2) is 62.1 Å². The second-order valence-electron chi connectivity index (χ2n) is 6.24. The summed E-state index contributed by atoms with van der Waals surface area (Å²) >= 11 is 1.86. The Hall–Kier alpha value is 0.310. The molecule has 1 fully saturated rings. The summed E-state index contributed by atoms with van der Waals surface area (Å²) in [6.45, 7) is 13.4. The van der Waals surface area contributed by atoms with Crippen LogP contribution in [0.3, 0.4) is 0 Å². The summed E-state index contributed by atoms with van der Waals surface area (Å²) in [4.78, 5) is 7.28. The third kappa shape index (κ3) is 10.2. The lowest BCUT2D eigenvalue weighted by Crippen LogP contribution is -2.40. The molecule has 2 unspecified atom stereocenters. The molecule has 0 aromatic carbocycles. The van der Waals surface area contributed by atoms with E-state index < -0.39 is 0 Å². The van der Waals surface area contributed by atoms with Crippen LogP contribution in [0.1, 0.15) is 33.6 Å². The lowest BCUT2D eigenvalue weighted by molar-refractivity contribution is 0.140. The van der Waals surface area contributed by atoms with Crippen LogP contribution in [0.25, 0.3) is 0 Å². The summed E-state index contributed by atoms with van der Waals surface area (Å²) in [5.41, 5.74) is 0. The fraction of sp³-hybridized carbons (Fsp3) is 0.938. The molecular weight excluding hydrogens is 407 g/mol. The lowest BCUT2D eigenvalue weighted by Gasteiger charge is -2.34. The molecule has 0 aromatic heterocycles. The highest BCUT2D eigenvalue weighted by atomic mass is 127. The van der Waals surface area contributed by atoms with Gasteiger partial charge >= 0.3 is 0 Å². The van der Waals surface area contributed by atoms with E-state index in [0.29, 0.717) is 0 Å². The lowest BCUT2D eigenvalue weighted by atomic mass is 9.92. The highest BCUT2D eigenvalue weighted by molar-refractivity contribution is 14.0. The van der Waals surface area contributed by atoms with E-state index in [0.717, 1.165) is 49.6 Å². The monoisotopic (exact) mass is 442 g/mol.